The van der Waals surface area contributed by atoms with E-state index in [0.717, 1.165) is 48.1 Å². The molecule has 0 saturated carbocycles. The maximum atomic E-state index is 6.37. The molecule has 2 aliphatic rings. The first kappa shape index (κ1) is 13.1. The maximum absolute atomic E-state index is 6.37. The van der Waals surface area contributed by atoms with Crippen molar-refractivity contribution in [3.63, 3.8) is 0 Å². The lowest BCUT2D eigenvalue weighted by molar-refractivity contribution is 0.295. The fraction of sp³-hybridized carbons (Fsp3) is 0.600. The minimum absolute atomic E-state index is 0.504. The summed E-state index contributed by atoms with van der Waals surface area (Å²) >= 11 is 6.37. The van der Waals surface area contributed by atoms with Crippen LogP contribution in [0.4, 0.5) is 0 Å². The number of ether oxygens (including phenoxy) is 2. The zero-order chi connectivity index (χ0) is 13.1. The quantitative estimate of drug-likeness (QED) is 0.903. The predicted molar refractivity (Wildman–Crippen MR) is 76.4 cm³/mol. The summed E-state index contributed by atoms with van der Waals surface area (Å²) in [7, 11) is 0. The van der Waals surface area contributed by atoms with Crippen LogP contribution in [0.2, 0.25) is 5.02 Å². The molecule has 2 heterocycles. The van der Waals surface area contributed by atoms with Crippen LogP contribution in [0.1, 0.15) is 31.2 Å². The molecule has 1 atom stereocenters. The van der Waals surface area contributed by atoms with E-state index in [1.807, 2.05) is 12.1 Å². The summed E-state index contributed by atoms with van der Waals surface area (Å²) in [6.07, 6.45) is 5.62. The molecule has 0 spiro atoms. The molecule has 1 N–H and O–H groups in total. The van der Waals surface area contributed by atoms with Gasteiger partial charge >= 0.3 is 0 Å². The van der Waals surface area contributed by atoms with Crippen molar-refractivity contribution in [3.8, 4) is 11.5 Å². The van der Waals surface area contributed by atoms with Gasteiger partial charge in [0.2, 0.25) is 0 Å². The SMILES string of the molecule is Clc1ccc2c(c1CC1CCCCN1)OCCCO2. The highest BCUT2D eigenvalue weighted by Crippen LogP contribution is 2.38. The third-order valence-electron chi connectivity index (χ3n) is 3.82. The van der Waals surface area contributed by atoms with Gasteiger partial charge in [-0.1, -0.05) is 18.0 Å². The van der Waals surface area contributed by atoms with E-state index >= 15 is 0 Å². The number of hydrogen-bond acceptors (Lipinski definition) is 3. The molecule has 0 aromatic heterocycles. The highest BCUT2D eigenvalue weighted by Gasteiger charge is 2.21. The van der Waals surface area contributed by atoms with Crippen LogP contribution in [-0.2, 0) is 6.42 Å². The molecule has 0 aliphatic carbocycles. The lowest BCUT2D eigenvalue weighted by Crippen LogP contribution is -2.35. The number of benzene rings is 1. The minimum Gasteiger partial charge on any atom is -0.490 e. The summed E-state index contributed by atoms with van der Waals surface area (Å²) in [4.78, 5) is 0. The van der Waals surface area contributed by atoms with Crippen LogP contribution in [0.25, 0.3) is 0 Å². The van der Waals surface area contributed by atoms with E-state index < -0.39 is 0 Å². The Kier molecular flexibility index (Phi) is 4.14. The van der Waals surface area contributed by atoms with Crippen LogP contribution in [0.3, 0.4) is 0 Å². The van der Waals surface area contributed by atoms with E-state index in [2.05, 4.69) is 5.32 Å². The monoisotopic (exact) mass is 281 g/mol. The van der Waals surface area contributed by atoms with Gasteiger partial charge in [-0.15, -0.1) is 0 Å². The van der Waals surface area contributed by atoms with Crippen molar-refractivity contribution in [2.45, 2.75) is 38.1 Å². The van der Waals surface area contributed by atoms with Crippen LogP contribution in [0.15, 0.2) is 12.1 Å². The minimum atomic E-state index is 0.504. The second-order valence-electron chi connectivity index (χ2n) is 5.25. The van der Waals surface area contributed by atoms with E-state index in [1.54, 1.807) is 0 Å². The van der Waals surface area contributed by atoms with Gasteiger partial charge in [-0.3, -0.25) is 0 Å². The third kappa shape index (κ3) is 2.98. The maximum Gasteiger partial charge on any atom is 0.165 e. The number of nitrogens with one attached hydrogen (secondary N) is 1. The summed E-state index contributed by atoms with van der Waals surface area (Å²) in [5, 5.41) is 4.35. The Labute approximate surface area is 119 Å². The Hall–Kier alpha value is -0.930. The highest BCUT2D eigenvalue weighted by molar-refractivity contribution is 6.31. The van der Waals surface area contributed by atoms with E-state index in [-0.39, 0.29) is 0 Å². The summed E-state index contributed by atoms with van der Waals surface area (Å²) < 4.78 is 11.6. The predicted octanol–water partition coefficient (Wildman–Crippen LogP) is 3.19. The first-order valence-electron chi connectivity index (χ1n) is 7.15. The third-order valence-corrected chi connectivity index (χ3v) is 4.18. The van der Waals surface area contributed by atoms with E-state index in [0.29, 0.717) is 12.6 Å². The summed E-state index contributed by atoms with van der Waals surface area (Å²) in [6, 6.07) is 4.35. The fourth-order valence-electron chi connectivity index (χ4n) is 2.80. The van der Waals surface area contributed by atoms with Gasteiger partial charge in [-0.25, -0.2) is 0 Å². The van der Waals surface area contributed by atoms with Gasteiger partial charge in [-0.2, -0.15) is 0 Å². The molecule has 3 nitrogen and oxygen atoms in total. The van der Waals surface area contributed by atoms with Gasteiger partial charge in [0.25, 0.3) is 0 Å². The van der Waals surface area contributed by atoms with Gasteiger partial charge in [0.1, 0.15) is 0 Å². The zero-order valence-electron chi connectivity index (χ0n) is 11.1. The number of hydrogen-bond donors (Lipinski definition) is 1. The van der Waals surface area contributed by atoms with Crippen LogP contribution in [0, 0.1) is 0 Å². The van der Waals surface area contributed by atoms with Gasteiger partial charge in [0, 0.05) is 23.0 Å². The molecule has 2 aliphatic heterocycles. The first-order valence-corrected chi connectivity index (χ1v) is 7.53. The van der Waals surface area contributed by atoms with Gasteiger partial charge in [0.05, 0.1) is 13.2 Å². The van der Waals surface area contributed by atoms with Crippen molar-refractivity contribution in [1.82, 2.24) is 5.32 Å². The van der Waals surface area contributed by atoms with Crippen LogP contribution in [0.5, 0.6) is 11.5 Å². The van der Waals surface area contributed by atoms with Gasteiger partial charge in [-0.05, 0) is 37.9 Å². The summed E-state index contributed by atoms with van der Waals surface area (Å²) in [5.41, 5.74) is 1.10. The van der Waals surface area contributed by atoms with Crippen LogP contribution < -0.4 is 14.8 Å². The van der Waals surface area contributed by atoms with E-state index in [1.165, 1.54) is 19.3 Å². The molecular formula is C15H20ClNO2. The van der Waals surface area contributed by atoms with Crippen molar-refractivity contribution in [1.29, 1.82) is 0 Å². The van der Waals surface area contributed by atoms with Gasteiger partial charge in [0.15, 0.2) is 11.5 Å². The van der Waals surface area contributed by atoms with Crippen molar-refractivity contribution < 1.29 is 9.47 Å². The number of piperidine rings is 1. The molecule has 4 heteroatoms. The normalized spacial score (nSPS) is 22.9. The Balaban J connectivity index is 1.86. The molecule has 104 valence electrons. The molecule has 1 aromatic rings. The zero-order valence-corrected chi connectivity index (χ0v) is 11.8. The number of halogens is 1. The average molecular weight is 282 g/mol. The average Bonchev–Trinajstić information content (AvgIpc) is 2.69. The molecule has 1 aromatic carbocycles. The lowest BCUT2D eigenvalue weighted by Gasteiger charge is -2.25. The molecule has 1 unspecified atom stereocenters. The number of rotatable bonds is 2. The molecule has 3 rings (SSSR count). The molecular weight excluding hydrogens is 262 g/mol. The standard InChI is InChI=1S/C15H20ClNO2/c16-13-5-6-14-15(19-9-3-8-18-14)12(13)10-11-4-1-2-7-17-11/h5-6,11,17H,1-4,7-10H2. The fourth-order valence-corrected chi connectivity index (χ4v) is 3.03. The molecule has 1 fully saturated rings. The molecule has 0 radical (unpaired) electrons. The largest absolute Gasteiger partial charge is 0.490 e. The van der Waals surface area contributed by atoms with E-state index in [9.17, 15) is 0 Å². The summed E-state index contributed by atoms with van der Waals surface area (Å²) in [5.74, 6) is 1.70. The molecule has 1 saturated heterocycles. The Morgan fingerprint density at radius 1 is 1.16 bits per heavy atom. The molecule has 0 bridgehead atoms. The van der Waals surface area contributed by atoms with Crippen molar-refractivity contribution in [3.05, 3.63) is 22.7 Å². The van der Waals surface area contributed by atoms with Crippen molar-refractivity contribution in [2.75, 3.05) is 19.8 Å². The van der Waals surface area contributed by atoms with Crippen molar-refractivity contribution >= 4 is 11.6 Å². The lowest BCUT2D eigenvalue weighted by atomic mass is 9.97. The summed E-state index contributed by atoms with van der Waals surface area (Å²) in [6.45, 7) is 2.53. The smallest absolute Gasteiger partial charge is 0.165 e. The highest BCUT2D eigenvalue weighted by atomic mass is 35.5. The van der Waals surface area contributed by atoms with Gasteiger partial charge < -0.3 is 14.8 Å². The first-order chi connectivity index (χ1) is 9.34. The Morgan fingerprint density at radius 3 is 2.89 bits per heavy atom. The van der Waals surface area contributed by atoms with Crippen molar-refractivity contribution in [2.24, 2.45) is 0 Å². The van der Waals surface area contributed by atoms with Crippen LogP contribution >= 0.6 is 11.6 Å². The van der Waals surface area contributed by atoms with Crippen LogP contribution in [-0.4, -0.2) is 25.8 Å². The Bertz CT molecular complexity index is 444. The molecule has 0 amide bonds. The number of fused-ring (bicyclic) bond motifs is 1. The molecule has 19 heavy (non-hydrogen) atoms. The second kappa shape index (κ2) is 6.02. The van der Waals surface area contributed by atoms with E-state index in [4.69, 9.17) is 21.1 Å². The Morgan fingerprint density at radius 2 is 2.05 bits per heavy atom. The second-order valence-corrected chi connectivity index (χ2v) is 5.66. The topological polar surface area (TPSA) is 30.5 Å².